The quantitative estimate of drug-likeness (QED) is 0.0559. The SMILES string of the molecule is COc1ccc(C(=O)CCC(O)c2coc(-c3csc4c(F)cccc34)n2)cc1OC.NC(=O)c1csc2c(F)cccc12.O=C(CBr)C(=O)CBr.O=C(CBr)c1coc(-c2csc3c(F)cccc23)n1. The maximum atomic E-state index is 13.9. The number of thiophene rings is 3. The van der Waals surface area contributed by atoms with Gasteiger partial charge in [-0.05, 0) is 42.8 Å². The number of benzene rings is 4. The molecule has 3 N–H and O–H groups in total. The molecule has 9 aromatic rings. The molecule has 1 atom stereocenters. The highest BCUT2D eigenvalue weighted by molar-refractivity contribution is 9.10. The topological polar surface area (TPSA) is 202 Å². The van der Waals surface area contributed by atoms with Gasteiger partial charge in [-0.3, -0.25) is 24.0 Å². The molecule has 0 fully saturated rings. The first-order chi connectivity index (χ1) is 34.1. The summed E-state index contributed by atoms with van der Waals surface area (Å²) in [6, 6.07) is 19.3. The van der Waals surface area contributed by atoms with Crippen molar-refractivity contribution in [3.05, 3.63) is 141 Å². The Labute approximate surface area is 439 Å². The molecule has 9 rings (SSSR count). The van der Waals surface area contributed by atoms with Crippen LogP contribution in [0.1, 0.15) is 55.8 Å². The Hall–Kier alpha value is -5.88. The molecule has 0 aliphatic heterocycles. The fourth-order valence-corrected chi connectivity index (χ4v) is 10.2. The average Bonchev–Trinajstić information content (AvgIpc) is 4.25. The minimum absolute atomic E-state index is 0.117. The molecule has 5 heterocycles. The summed E-state index contributed by atoms with van der Waals surface area (Å²) >= 11 is 12.6. The van der Waals surface area contributed by atoms with E-state index in [4.69, 9.17) is 24.0 Å². The number of ether oxygens (including phenoxy) is 2. The summed E-state index contributed by atoms with van der Waals surface area (Å²) in [5.41, 5.74) is 7.94. The van der Waals surface area contributed by atoms with E-state index in [9.17, 15) is 42.3 Å². The molecule has 13 nitrogen and oxygen atoms in total. The summed E-state index contributed by atoms with van der Waals surface area (Å²) in [5, 5.41) is 18.1. The molecule has 0 bridgehead atoms. The standard InChI is InChI=1S/C23H20FNO5S.C13H7BrFNO2S.C9H6FNOS.C4H4Br2O2/c1-28-20-9-6-13(10-21(20)29-2)18(26)7-8-19(27)17-11-30-23(25-17)15-12-31-22-14(15)4-3-5-16(22)24;14-4-11(17)10-5-18-13(16-10)8-6-19-12-7(8)2-1-3-9(12)15;10-7-3-1-2-5-6(9(11)12)4-13-8(5)7;5-1-3(7)4(8)2-6/h3-6,9-12,19,27H,7-8H2,1-2H3;1-3,5-6H,4H2;1-4H,(H2,11,12);1-2H2. The van der Waals surface area contributed by atoms with Gasteiger partial charge in [0, 0.05) is 44.3 Å². The molecule has 0 saturated carbocycles. The van der Waals surface area contributed by atoms with Gasteiger partial charge in [0.15, 0.2) is 23.1 Å². The molecule has 71 heavy (non-hydrogen) atoms. The molecule has 0 radical (unpaired) electrons. The van der Waals surface area contributed by atoms with E-state index in [0.29, 0.717) is 76.1 Å². The number of carbonyl (C=O) groups excluding carboxylic acids is 5. The zero-order valence-electron chi connectivity index (χ0n) is 37.0. The molecular formula is C49H37Br3F3N3O10S3. The lowest BCUT2D eigenvalue weighted by molar-refractivity contribution is -0.133. The van der Waals surface area contributed by atoms with Crippen LogP contribution in [0.3, 0.4) is 0 Å². The number of methoxy groups -OCH3 is 2. The number of aromatic nitrogens is 2. The zero-order chi connectivity index (χ0) is 51.4. The van der Waals surface area contributed by atoms with E-state index in [-0.39, 0.29) is 75.1 Å². The molecule has 0 saturated heterocycles. The number of aliphatic hydroxyl groups excluding tert-OH is 1. The first kappa shape index (κ1) is 54.5. The fraction of sp³-hybridized carbons (Fsp3) is 0.163. The van der Waals surface area contributed by atoms with E-state index in [1.165, 1.54) is 79.0 Å². The molecule has 5 aromatic heterocycles. The third-order valence-electron chi connectivity index (χ3n) is 10.1. The third kappa shape index (κ3) is 13.2. The summed E-state index contributed by atoms with van der Waals surface area (Å²) in [7, 11) is 3.03. The van der Waals surface area contributed by atoms with Crippen LogP contribution in [0.5, 0.6) is 11.5 Å². The number of hydrogen-bond acceptors (Lipinski definition) is 15. The smallest absolute Gasteiger partial charge is 0.250 e. The van der Waals surface area contributed by atoms with Crippen molar-refractivity contribution in [1.82, 2.24) is 9.97 Å². The second-order valence-electron chi connectivity index (χ2n) is 14.5. The van der Waals surface area contributed by atoms with Gasteiger partial charge in [-0.15, -0.1) is 34.0 Å². The van der Waals surface area contributed by atoms with E-state index in [1.807, 2.05) is 0 Å². The van der Waals surface area contributed by atoms with Crippen LogP contribution in [0.2, 0.25) is 0 Å². The predicted molar refractivity (Wildman–Crippen MR) is 279 cm³/mol. The monoisotopic (exact) mass is 1220 g/mol. The molecule has 0 aliphatic rings. The van der Waals surface area contributed by atoms with Crippen LogP contribution in [-0.4, -0.2) is 74.3 Å². The third-order valence-corrected chi connectivity index (χ3v) is 14.6. The normalized spacial score (nSPS) is 11.2. The molecule has 0 aliphatic carbocycles. The van der Waals surface area contributed by atoms with Crippen molar-refractivity contribution < 1.29 is 60.6 Å². The van der Waals surface area contributed by atoms with E-state index in [1.54, 1.807) is 70.7 Å². The maximum Gasteiger partial charge on any atom is 0.250 e. The molecule has 368 valence electrons. The highest BCUT2D eigenvalue weighted by Crippen LogP contribution is 2.37. The number of alkyl halides is 3. The lowest BCUT2D eigenvalue weighted by atomic mass is 10.0. The summed E-state index contributed by atoms with van der Waals surface area (Å²) in [6.07, 6.45) is 2.01. The van der Waals surface area contributed by atoms with Gasteiger partial charge < -0.3 is 29.1 Å². The summed E-state index contributed by atoms with van der Waals surface area (Å²) in [4.78, 5) is 64.0. The summed E-state index contributed by atoms with van der Waals surface area (Å²) in [6.45, 7) is 0. The number of aliphatic hydroxyl groups is 1. The van der Waals surface area contributed by atoms with E-state index in [0.717, 1.165) is 5.39 Å². The van der Waals surface area contributed by atoms with Gasteiger partial charge in [-0.2, -0.15) is 0 Å². The first-order valence-corrected chi connectivity index (χ1v) is 26.5. The minimum Gasteiger partial charge on any atom is -0.493 e. The number of fused-ring (bicyclic) bond motifs is 3. The van der Waals surface area contributed by atoms with Crippen molar-refractivity contribution in [3.8, 4) is 34.4 Å². The Balaban J connectivity index is 0.000000174. The van der Waals surface area contributed by atoms with Gasteiger partial charge >= 0.3 is 0 Å². The van der Waals surface area contributed by atoms with Gasteiger partial charge in [-0.1, -0.05) is 84.2 Å². The lowest BCUT2D eigenvalue weighted by Gasteiger charge is -2.10. The molecule has 0 spiro atoms. The molecule has 22 heteroatoms. The lowest BCUT2D eigenvalue weighted by Crippen LogP contribution is -2.15. The number of carbonyl (C=O) groups is 5. The van der Waals surface area contributed by atoms with Crippen molar-refractivity contribution in [2.75, 3.05) is 30.2 Å². The Morgan fingerprint density at radius 3 is 1.69 bits per heavy atom. The van der Waals surface area contributed by atoms with Crippen molar-refractivity contribution in [2.24, 2.45) is 5.73 Å². The average molecular weight is 1220 g/mol. The zero-order valence-corrected chi connectivity index (χ0v) is 44.2. The van der Waals surface area contributed by atoms with Crippen molar-refractivity contribution in [2.45, 2.75) is 18.9 Å². The number of ketones is 4. The number of halogens is 6. The summed E-state index contributed by atoms with van der Waals surface area (Å²) in [5.74, 6) is -0.812. The summed E-state index contributed by atoms with van der Waals surface area (Å²) < 4.78 is 63.5. The molecule has 4 aromatic carbocycles. The van der Waals surface area contributed by atoms with E-state index >= 15 is 0 Å². The second-order valence-corrected chi connectivity index (χ2v) is 18.8. The van der Waals surface area contributed by atoms with Crippen molar-refractivity contribution in [1.29, 1.82) is 0 Å². The molecule has 1 amide bonds. The van der Waals surface area contributed by atoms with Crippen LogP contribution in [0, 0.1) is 17.5 Å². The highest BCUT2D eigenvalue weighted by Gasteiger charge is 2.21. The van der Waals surface area contributed by atoms with Crippen LogP contribution in [-0.2, 0) is 9.59 Å². The van der Waals surface area contributed by atoms with Crippen LogP contribution >= 0.6 is 81.8 Å². The van der Waals surface area contributed by atoms with Crippen LogP contribution in [0.4, 0.5) is 13.2 Å². The van der Waals surface area contributed by atoms with Gasteiger partial charge in [0.25, 0.3) is 0 Å². The van der Waals surface area contributed by atoms with Gasteiger partial charge in [0.1, 0.15) is 41.4 Å². The number of primary amides is 1. The van der Waals surface area contributed by atoms with Gasteiger partial charge in [0.05, 0.1) is 67.1 Å². The van der Waals surface area contributed by atoms with Crippen molar-refractivity contribution in [3.63, 3.8) is 0 Å². The number of Topliss-reactive ketones (excluding diaryl/α,β-unsaturated/α-hetero) is 4. The van der Waals surface area contributed by atoms with E-state index < -0.39 is 12.0 Å². The maximum absolute atomic E-state index is 13.9. The predicted octanol–water partition coefficient (Wildman–Crippen LogP) is 12.7. The Kier molecular flexibility index (Phi) is 19.5. The number of nitrogens with two attached hydrogens (primary N) is 1. The first-order valence-electron chi connectivity index (χ1n) is 20.5. The number of hydrogen-bond donors (Lipinski definition) is 2. The molecular weight excluding hydrogens is 1180 g/mol. The Morgan fingerprint density at radius 1 is 0.662 bits per heavy atom. The van der Waals surface area contributed by atoms with Crippen LogP contribution < -0.4 is 15.2 Å². The largest absolute Gasteiger partial charge is 0.493 e. The van der Waals surface area contributed by atoms with Gasteiger partial charge in [0.2, 0.25) is 29.3 Å². The Bertz CT molecular complexity index is 3360. The highest BCUT2D eigenvalue weighted by atomic mass is 79.9. The fourth-order valence-electron chi connectivity index (χ4n) is 6.46. The van der Waals surface area contributed by atoms with Crippen molar-refractivity contribution >= 4 is 141 Å². The van der Waals surface area contributed by atoms with Crippen LogP contribution in [0.15, 0.2) is 110 Å². The molecule has 1 unspecified atom stereocenters. The second kappa shape index (κ2) is 25.5. The minimum atomic E-state index is -0.969. The number of nitrogens with zero attached hydrogens (tertiary/aromatic N) is 2. The van der Waals surface area contributed by atoms with E-state index in [2.05, 4.69) is 57.8 Å². The number of amides is 1. The Morgan fingerprint density at radius 2 is 1.17 bits per heavy atom. The van der Waals surface area contributed by atoms with Gasteiger partial charge in [-0.25, -0.2) is 23.1 Å². The number of rotatable bonds is 15. The van der Waals surface area contributed by atoms with Crippen LogP contribution in [0.25, 0.3) is 53.2 Å². The number of oxazole rings is 2.